The van der Waals surface area contributed by atoms with Crippen LogP contribution in [0.15, 0.2) is 50.8 Å². The van der Waals surface area contributed by atoms with Crippen molar-refractivity contribution in [1.82, 2.24) is 9.78 Å². The van der Waals surface area contributed by atoms with Crippen molar-refractivity contribution in [1.29, 1.82) is 0 Å². The second-order valence-corrected chi connectivity index (χ2v) is 6.45. The predicted molar refractivity (Wildman–Crippen MR) is 100 cm³/mol. The average Bonchev–Trinajstić information content (AvgIpc) is 2.58. The van der Waals surface area contributed by atoms with Gasteiger partial charge in [-0.3, -0.25) is 4.79 Å². The maximum absolute atomic E-state index is 12.6. The van der Waals surface area contributed by atoms with Crippen molar-refractivity contribution >= 4 is 32.4 Å². The second kappa shape index (κ2) is 6.68. The molecular formula is C18H16BrN3O3. The zero-order chi connectivity index (χ0) is 18.1. The Morgan fingerprint density at radius 3 is 2.76 bits per heavy atom. The molecule has 0 unspecified atom stereocenters. The molecule has 0 amide bonds. The van der Waals surface area contributed by atoms with E-state index >= 15 is 0 Å². The van der Waals surface area contributed by atoms with Crippen LogP contribution in [0.5, 0.6) is 5.75 Å². The summed E-state index contributed by atoms with van der Waals surface area (Å²) in [5.41, 5.74) is 0.858. The molecule has 1 N–H and O–H groups in total. The number of hydrogen-bond donors (Lipinski definition) is 1. The Balaban J connectivity index is 2.42. The molecule has 0 atom stereocenters. The summed E-state index contributed by atoms with van der Waals surface area (Å²) < 4.78 is 2.00. The Labute approximate surface area is 152 Å². The Morgan fingerprint density at radius 1 is 1.32 bits per heavy atom. The molecule has 25 heavy (non-hydrogen) atoms. The molecule has 0 aliphatic rings. The normalized spacial score (nSPS) is 11.8. The number of aryl methyl sites for hydroxylation is 2. The van der Waals surface area contributed by atoms with E-state index in [1.807, 2.05) is 36.4 Å². The lowest BCUT2D eigenvalue weighted by Gasteiger charge is -2.13. The first-order chi connectivity index (χ1) is 11.9. The average molecular weight is 402 g/mol. The summed E-state index contributed by atoms with van der Waals surface area (Å²) in [6.07, 6.45) is 0. The van der Waals surface area contributed by atoms with Crippen LogP contribution >= 0.6 is 15.9 Å². The molecule has 0 aliphatic carbocycles. The van der Waals surface area contributed by atoms with Gasteiger partial charge >= 0.3 is 0 Å². The molecule has 6 nitrogen and oxygen atoms in total. The van der Waals surface area contributed by atoms with E-state index in [-0.39, 0.29) is 17.0 Å². The number of aromatic hydroxyl groups is 1. The Hall–Kier alpha value is -2.67. The summed E-state index contributed by atoms with van der Waals surface area (Å²) in [6.45, 7) is 1.63. The fourth-order valence-corrected chi connectivity index (χ4v) is 3.24. The fourth-order valence-electron chi connectivity index (χ4n) is 2.77. The van der Waals surface area contributed by atoms with Crippen molar-refractivity contribution in [3.8, 4) is 5.75 Å². The highest BCUT2D eigenvalue weighted by Crippen LogP contribution is 2.28. The number of hydrogen-bond acceptors (Lipinski definition) is 5. The van der Waals surface area contributed by atoms with Crippen LogP contribution < -0.4 is 5.56 Å². The van der Waals surface area contributed by atoms with Gasteiger partial charge in [-0.2, -0.15) is 5.10 Å². The topological polar surface area (TPSA) is 76.7 Å². The Morgan fingerprint density at radius 2 is 2.04 bits per heavy atom. The van der Waals surface area contributed by atoms with Gasteiger partial charge in [0.05, 0.1) is 0 Å². The molecule has 1 aromatic heterocycles. The predicted octanol–water partition coefficient (Wildman–Crippen LogP) is 3.11. The smallest absolute Gasteiger partial charge is 0.279 e. The number of oxime groups is 1. The molecule has 0 saturated heterocycles. The molecule has 1 heterocycles. The van der Waals surface area contributed by atoms with Crippen LogP contribution in [0.2, 0.25) is 0 Å². The SMILES string of the molecule is CO/N=C(/c1c(O)c(C)nn(C)c1=O)c1cc(Br)cc2ccccc12. The van der Waals surface area contributed by atoms with E-state index in [1.54, 1.807) is 6.92 Å². The minimum absolute atomic E-state index is 0.0557. The Bertz CT molecular complexity index is 1060. The molecule has 0 bridgehead atoms. The first-order valence-corrected chi connectivity index (χ1v) is 8.30. The van der Waals surface area contributed by atoms with Gasteiger partial charge in [-0.15, -0.1) is 0 Å². The van der Waals surface area contributed by atoms with E-state index < -0.39 is 5.56 Å². The van der Waals surface area contributed by atoms with E-state index in [0.717, 1.165) is 15.2 Å². The van der Waals surface area contributed by atoms with Crippen LogP contribution in [0.25, 0.3) is 10.8 Å². The van der Waals surface area contributed by atoms with Gasteiger partial charge in [0.15, 0.2) is 5.75 Å². The van der Waals surface area contributed by atoms with Gasteiger partial charge in [-0.1, -0.05) is 45.4 Å². The van der Waals surface area contributed by atoms with Gasteiger partial charge in [0, 0.05) is 17.1 Å². The number of rotatable bonds is 3. The summed E-state index contributed by atoms with van der Waals surface area (Å²) in [4.78, 5) is 17.6. The number of nitrogens with zero attached hydrogens (tertiary/aromatic N) is 3. The summed E-state index contributed by atoms with van der Waals surface area (Å²) in [5.74, 6) is -0.206. The third-order valence-corrected chi connectivity index (χ3v) is 4.35. The minimum atomic E-state index is -0.456. The molecule has 0 saturated carbocycles. The summed E-state index contributed by atoms with van der Waals surface area (Å²) in [7, 11) is 2.93. The third kappa shape index (κ3) is 3.02. The highest BCUT2D eigenvalue weighted by Gasteiger charge is 2.22. The van der Waals surface area contributed by atoms with Gasteiger partial charge in [0.1, 0.15) is 24.1 Å². The van der Waals surface area contributed by atoms with Crippen molar-refractivity contribution in [2.75, 3.05) is 7.11 Å². The molecule has 0 radical (unpaired) electrons. The van der Waals surface area contributed by atoms with Crippen molar-refractivity contribution < 1.29 is 9.94 Å². The molecule has 2 aromatic carbocycles. The van der Waals surface area contributed by atoms with Crippen LogP contribution in [-0.4, -0.2) is 27.7 Å². The lowest BCUT2D eigenvalue weighted by molar-refractivity contribution is 0.214. The van der Waals surface area contributed by atoms with Gasteiger partial charge in [0.25, 0.3) is 5.56 Å². The monoisotopic (exact) mass is 401 g/mol. The van der Waals surface area contributed by atoms with Crippen molar-refractivity contribution in [2.45, 2.75) is 6.92 Å². The largest absolute Gasteiger partial charge is 0.505 e. The quantitative estimate of drug-likeness (QED) is 0.540. The highest BCUT2D eigenvalue weighted by atomic mass is 79.9. The molecule has 3 rings (SSSR count). The number of fused-ring (bicyclic) bond motifs is 1. The molecule has 0 aliphatic heterocycles. The van der Waals surface area contributed by atoms with Gasteiger partial charge in [-0.25, -0.2) is 4.68 Å². The molecule has 0 fully saturated rings. The second-order valence-electron chi connectivity index (χ2n) is 5.53. The summed E-state index contributed by atoms with van der Waals surface area (Å²) >= 11 is 3.49. The van der Waals surface area contributed by atoms with Crippen LogP contribution in [0.4, 0.5) is 0 Å². The number of benzene rings is 2. The maximum Gasteiger partial charge on any atom is 0.279 e. The van der Waals surface area contributed by atoms with Gasteiger partial charge in [0.2, 0.25) is 0 Å². The highest BCUT2D eigenvalue weighted by molar-refractivity contribution is 9.10. The van der Waals surface area contributed by atoms with E-state index in [9.17, 15) is 9.90 Å². The van der Waals surface area contributed by atoms with Crippen molar-refractivity contribution in [3.63, 3.8) is 0 Å². The maximum atomic E-state index is 12.6. The first kappa shape index (κ1) is 17.2. The van der Waals surface area contributed by atoms with Gasteiger partial charge in [-0.05, 0) is 29.8 Å². The van der Waals surface area contributed by atoms with Crippen molar-refractivity contribution in [3.05, 3.63) is 68.0 Å². The lowest BCUT2D eigenvalue weighted by atomic mass is 9.96. The van der Waals surface area contributed by atoms with Crippen molar-refractivity contribution in [2.24, 2.45) is 12.2 Å². The van der Waals surface area contributed by atoms with E-state index in [4.69, 9.17) is 4.84 Å². The van der Waals surface area contributed by atoms with E-state index in [0.29, 0.717) is 11.3 Å². The number of aromatic nitrogens is 2. The lowest BCUT2D eigenvalue weighted by Crippen LogP contribution is -2.28. The van der Waals surface area contributed by atoms with E-state index in [2.05, 4.69) is 26.2 Å². The third-order valence-electron chi connectivity index (χ3n) is 3.89. The van der Waals surface area contributed by atoms with Gasteiger partial charge < -0.3 is 9.94 Å². The fraction of sp³-hybridized carbons (Fsp3) is 0.167. The summed E-state index contributed by atoms with van der Waals surface area (Å²) in [6, 6.07) is 11.5. The summed E-state index contributed by atoms with van der Waals surface area (Å²) in [5, 5.41) is 20.4. The standard InChI is InChI=1S/C18H16BrN3O3/c1-10-17(23)15(18(24)22(2)20-10)16(21-25-3)14-9-12(19)8-11-6-4-5-7-13(11)14/h4-9,23H,1-3H3/b21-16+. The van der Waals surface area contributed by atoms with Crippen LogP contribution in [0, 0.1) is 6.92 Å². The number of halogens is 1. The Kier molecular flexibility index (Phi) is 4.59. The zero-order valence-corrected chi connectivity index (χ0v) is 15.5. The molecular weight excluding hydrogens is 386 g/mol. The minimum Gasteiger partial charge on any atom is -0.505 e. The van der Waals surface area contributed by atoms with Crippen LogP contribution in [0.3, 0.4) is 0 Å². The molecule has 7 heteroatoms. The molecule has 3 aromatic rings. The van der Waals surface area contributed by atoms with Crippen LogP contribution in [-0.2, 0) is 11.9 Å². The van der Waals surface area contributed by atoms with Crippen LogP contribution in [0.1, 0.15) is 16.8 Å². The first-order valence-electron chi connectivity index (χ1n) is 7.51. The molecule has 128 valence electrons. The zero-order valence-electron chi connectivity index (χ0n) is 13.9. The van der Waals surface area contributed by atoms with E-state index in [1.165, 1.54) is 18.8 Å². The molecule has 0 spiro atoms.